The number of hydrogen-bond donors (Lipinski definition) is 1. The van der Waals surface area contributed by atoms with Crippen LogP contribution in [0, 0.1) is 0 Å². The molecule has 1 saturated heterocycles. The third-order valence-electron chi connectivity index (χ3n) is 4.42. The largest absolute Gasteiger partial charge is 0.370 e. The Morgan fingerprint density at radius 1 is 1.25 bits per heavy atom. The van der Waals surface area contributed by atoms with E-state index >= 15 is 0 Å². The number of morpholine rings is 1. The maximum atomic E-state index is 12.6. The van der Waals surface area contributed by atoms with Crippen LogP contribution in [0.5, 0.6) is 0 Å². The molecule has 1 N–H and O–H groups in total. The highest BCUT2D eigenvalue weighted by molar-refractivity contribution is 6.02. The van der Waals surface area contributed by atoms with Crippen molar-refractivity contribution < 1.29 is 4.74 Å². The highest BCUT2D eigenvalue weighted by Gasteiger charge is 2.45. The third kappa shape index (κ3) is 1.39. The summed E-state index contributed by atoms with van der Waals surface area (Å²) in [4.78, 5) is 20.6. The number of aromatic nitrogens is 1. The molecule has 4 rings (SSSR count). The van der Waals surface area contributed by atoms with E-state index in [9.17, 15) is 4.79 Å². The quantitative estimate of drug-likeness (QED) is 0.744. The molecule has 0 amide bonds. The number of nitrogens with zero attached hydrogens (tertiary/aromatic N) is 2. The average molecular weight is 270 g/mol. The highest BCUT2D eigenvalue weighted by Crippen LogP contribution is 2.38. The Morgan fingerprint density at radius 2 is 2.00 bits per heavy atom. The second-order valence-corrected chi connectivity index (χ2v) is 5.38. The number of nitrogens with one attached hydrogen (secondary N) is 1. The van der Waals surface area contributed by atoms with Crippen molar-refractivity contribution in [3.63, 3.8) is 0 Å². The number of aliphatic imine (C=N–C) groups is 1. The topological polar surface area (TPSA) is 54.5 Å². The standard InChI is InChI=1S/C15H15N3O2/c1-10-16-13-14(19)11-4-2-3-5-12(11)17-15(13)18(10)6-8-20-9-7-18/h2-5H,6-9H2,1H3/p+1. The van der Waals surface area contributed by atoms with E-state index in [0.29, 0.717) is 28.8 Å². The zero-order chi connectivity index (χ0) is 13.7. The molecule has 0 radical (unpaired) electrons. The van der Waals surface area contributed by atoms with Gasteiger partial charge in [0, 0.05) is 12.3 Å². The molecule has 0 aliphatic carbocycles. The number of ether oxygens (including phenoxy) is 1. The van der Waals surface area contributed by atoms with Gasteiger partial charge in [-0.15, -0.1) is 0 Å². The number of H-pyrrole nitrogens is 1. The van der Waals surface area contributed by atoms with Crippen LogP contribution >= 0.6 is 0 Å². The van der Waals surface area contributed by atoms with Gasteiger partial charge in [0.05, 0.1) is 18.7 Å². The average Bonchev–Trinajstić information content (AvgIpc) is 2.74. The number of rotatable bonds is 0. The Bertz CT molecular complexity index is 785. The fourth-order valence-corrected chi connectivity index (χ4v) is 3.25. The van der Waals surface area contributed by atoms with Gasteiger partial charge in [-0.1, -0.05) is 12.1 Å². The van der Waals surface area contributed by atoms with E-state index in [0.717, 1.165) is 30.3 Å². The summed E-state index contributed by atoms with van der Waals surface area (Å²) in [5.41, 5.74) is 1.48. The van der Waals surface area contributed by atoms with Crippen LogP contribution in [-0.2, 0) is 4.74 Å². The van der Waals surface area contributed by atoms with Gasteiger partial charge in [0.25, 0.3) is 0 Å². The van der Waals surface area contributed by atoms with E-state index in [2.05, 4.69) is 9.98 Å². The SMILES string of the molecule is CC1=Nc2c([nH]c3ccccc3c2=O)[N+]12CCOCC2. The van der Waals surface area contributed by atoms with E-state index in [1.54, 1.807) is 0 Å². The van der Waals surface area contributed by atoms with Crippen LogP contribution in [0.4, 0.5) is 11.5 Å². The lowest BCUT2D eigenvalue weighted by molar-refractivity contribution is 0.0696. The van der Waals surface area contributed by atoms with Crippen LogP contribution in [-0.4, -0.2) is 37.1 Å². The summed E-state index contributed by atoms with van der Waals surface area (Å²) in [6.45, 7) is 5.05. The van der Waals surface area contributed by atoms with Crippen molar-refractivity contribution in [2.24, 2.45) is 4.99 Å². The van der Waals surface area contributed by atoms with E-state index in [-0.39, 0.29) is 5.43 Å². The number of pyridine rings is 1. The lowest BCUT2D eigenvalue weighted by atomic mass is 10.2. The molecule has 102 valence electrons. The van der Waals surface area contributed by atoms with Crippen LogP contribution in [0.25, 0.3) is 10.9 Å². The van der Waals surface area contributed by atoms with Gasteiger partial charge in [0.1, 0.15) is 13.1 Å². The lowest BCUT2D eigenvalue weighted by Crippen LogP contribution is -2.58. The van der Waals surface area contributed by atoms with Gasteiger partial charge in [0.15, 0.2) is 5.69 Å². The molecule has 0 bridgehead atoms. The molecule has 1 aromatic carbocycles. The molecule has 1 aromatic heterocycles. The van der Waals surface area contributed by atoms with Crippen LogP contribution in [0.2, 0.25) is 0 Å². The maximum Gasteiger partial charge on any atom is 0.242 e. The Morgan fingerprint density at radius 3 is 2.80 bits per heavy atom. The van der Waals surface area contributed by atoms with Crippen molar-refractivity contribution in [2.45, 2.75) is 6.92 Å². The predicted octanol–water partition coefficient (Wildman–Crippen LogP) is 1.93. The Labute approximate surface area is 116 Å². The lowest BCUT2D eigenvalue weighted by Gasteiger charge is -2.36. The molecule has 2 aliphatic rings. The first-order chi connectivity index (χ1) is 9.72. The molecule has 2 aliphatic heterocycles. The molecule has 0 unspecified atom stereocenters. The van der Waals surface area contributed by atoms with E-state index < -0.39 is 0 Å². The summed E-state index contributed by atoms with van der Waals surface area (Å²) in [6.07, 6.45) is 0. The second-order valence-electron chi connectivity index (χ2n) is 5.38. The molecular weight excluding hydrogens is 254 g/mol. The summed E-state index contributed by atoms with van der Waals surface area (Å²) >= 11 is 0. The Kier molecular flexibility index (Phi) is 2.37. The first kappa shape index (κ1) is 11.8. The summed E-state index contributed by atoms with van der Waals surface area (Å²) in [5, 5.41) is 0.705. The number of para-hydroxylation sites is 1. The van der Waals surface area contributed by atoms with Crippen molar-refractivity contribution >= 4 is 28.2 Å². The summed E-state index contributed by atoms with van der Waals surface area (Å²) in [6, 6.07) is 7.62. The first-order valence-corrected chi connectivity index (χ1v) is 6.89. The Hall–Kier alpha value is -1.98. The minimum atomic E-state index is 0.0233. The smallest absolute Gasteiger partial charge is 0.242 e. The molecule has 5 nitrogen and oxygen atoms in total. The first-order valence-electron chi connectivity index (χ1n) is 6.89. The molecule has 3 heterocycles. The molecule has 2 aromatic rings. The summed E-state index contributed by atoms with van der Waals surface area (Å²) in [5.74, 6) is 1.90. The molecule has 5 heteroatoms. The van der Waals surface area contributed by atoms with E-state index in [1.807, 2.05) is 31.2 Å². The van der Waals surface area contributed by atoms with E-state index in [1.165, 1.54) is 0 Å². The number of aromatic amines is 1. The van der Waals surface area contributed by atoms with Gasteiger partial charge in [-0.2, -0.15) is 4.99 Å². The monoisotopic (exact) mass is 270 g/mol. The van der Waals surface area contributed by atoms with Crippen molar-refractivity contribution in [3.05, 3.63) is 34.5 Å². The minimum absolute atomic E-state index is 0.0233. The fourth-order valence-electron chi connectivity index (χ4n) is 3.25. The summed E-state index contributed by atoms with van der Waals surface area (Å²) < 4.78 is 6.11. The number of fused-ring (bicyclic) bond motifs is 3. The second kappa shape index (κ2) is 4.01. The molecule has 1 spiro atoms. The fraction of sp³-hybridized carbons (Fsp3) is 0.333. The van der Waals surface area contributed by atoms with Crippen LogP contribution in [0.1, 0.15) is 6.92 Å². The van der Waals surface area contributed by atoms with Gasteiger partial charge < -0.3 is 9.72 Å². The van der Waals surface area contributed by atoms with Gasteiger partial charge in [-0.3, -0.25) is 4.79 Å². The third-order valence-corrected chi connectivity index (χ3v) is 4.42. The number of benzene rings is 1. The van der Waals surface area contributed by atoms with Gasteiger partial charge >= 0.3 is 0 Å². The van der Waals surface area contributed by atoms with Gasteiger partial charge in [0.2, 0.25) is 17.1 Å². The summed E-state index contributed by atoms with van der Waals surface area (Å²) in [7, 11) is 0. The van der Waals surface area contributed by atoms with Crippen molar-refractivity contribution in [1.29, 1.82) is 0 Å². The number of quaternary nitrogens is 1. The molecule has 1 fully saturated rings. The van der Waals surface area contributed by atoms with Crippen LogP contribution in [0.3, 0.4) is 0 Å². The zero-order valence-electron chi connectivity index (χ0n) is 11.3. The number of hydrogen-bond acceptors (Lipinski definition) is 3. The Balaban J connectivity index is 2.05. The maximum absolute atomic E-state index is 12.6. The van der Waals surface area contributed by atoms with Gasteiger partial charge in [-0.25, -0.2) is 4.48 Å². The molecule has 20 heavy (non-hydrogen) atoms. The van der Waals surface area contributed by atoms with Gasteiger partial charge in [-0.05, 0) is 12.1 Å². The minimum Gasteiger partial charge on any atom is -0.370 e. The zero-order valence-corrected chi connectivity index (χ0v) is 11.3. The highest BCUT2D eigenvalue weighted by atomic mass is 16.5. The van der Waals surface area contributed by atoms with Crippen LogP contribution < -0.4 is 9.91 Å². The molecular formula is C15H16N3O2+. The molecule has 0 atom stereocenters. The predicted molar refractivity (Wildman–Crippen MR) is 79.7 cm³/mol. The van der Waals surface area contributed by atoms with E-state index in [4.69, 9.17) is 4.74 Å². The van der Waals surface area contributed by atoms with Crippen molar-refractivity contribution in [3.8, 4) is 0 Å². The van der Waals surface area contributed by atoms with Crippen molar-refractivity contribution in [2.75, 3.05) is 26.3 Å². The van der Waals surface area contributed by atoms with Crippen molar-refractivity contribution in [1.82, 2.24) is 9.47 Å². The number of amidine groups is 1. The normalized spacial score (nSPS) is 20.1. The van der Waals surface area contributed by atoms with Crippen LogP contribution in [0.15, 0.2) is 34.1 Å². The molecule has 0 saturated carbocycles.